The average molecular weight is 1450 g/mol. The van der Waals surface area contributed by atoms with Crippen molar-refractivity contribution in [1.82, 2.24) is 11.1 Å². The van der Waals surface area contributed by atoms with Gasteiger partial charge in [0, 0.05) is 31.5 Å². The summed E-state index contributed by atoms with van der Waals surface area (Å²) in [7, 11) is -31.6. The van der Waals surface area contributed by atoms with Crippen LogP contribution in [0.3, 0.4) is 0 Å². The topological polar surface area (TPSA) is 538 Å². The summed E-state index contributed by atoms with van der Waals surface area (Å²) >= 11 is 0. The number of aliphatic hydroxyl groups is 1. The van der Waals surface area contributed by atoms with E-state index < -0.39 is 106 Å². The zero-order valence-electron chi connectivity index (χ0n) is 47.8. The van der Waals surface area contributed by atoms with Gasteiger partial charge in [0.2, 0.25) is 0 Å². The Morgan fingerprint density at radius 1 is 0.250 bits per heavy atom. The van der Waals surface area contributed by atoms with E-state index in [2.05, 4.69) is 22.6 Å². The molecule has 0 bridgehead atoms. The lowest BCUT2D eigenvalue weighted by Crippen LogP contribution is -2.25. The summed E-state index contributed by atoms with van der Waals surface area (Å²) < 4.78 is 220. The van der Waals surface area contributed by atoms with Crippen molar-refractivity contribution in [3.05, 3.63) is 0 Å². The van der Waals surface area contributed by atoms with E-state index in [4.69, 9.17) is 98.5 Å². The second-order valence-electron chi connectivity index (χ2n) is 16.2. The number of phosphoric acid groups is 7. The van der Waals surface area contributed by atoms with Crippen molar-refractivity contribution in [2.75, 3.05) is 238 Å². The Morgan fingerprint density at radius 3 is 0.591 bits per heavy atom. The highest BCUT2D eigenvalue weighted by molar-refractivity contribution is 7.48. The monoisotopic (exact) mass is 1450 g/mol. The lowest BCUT2D eigenvalue weighted by Gasteiger charge is -2.18. The van der Waals surface area contributed by atoms with Crippen molar-refractivity contribution >= 4 is 54.8 Å². The minimum atomic E-state index is -4.86. The van der Waals surface area contributed by atoms with Crippen LogP contribution >= 0.6 is 54.8 Å². The maximum atomic E-state index is 12.4. The van der Waals surface area contributed by atoms with Gasteiger partial charge in [-0.25, -0.2) is 32.0 Å². The molecule has 0 radical (unpaired) electrons. The van der Waals surface area contributed by atoms with E-state index in [1.54, 1.807) is 0 Å². The third-order valence-electron chi connectivity index (χ3n) is 9.10. The molecule has 0 amide bonds. The van der Waals surface area contributed by atoms with Crippen LogP contribution in [0.4, 0.5) is 8.96 Å². The first-order valence-electron chi connectivity index (χ1n) is 26.1. The van der Waals surface area contributed by atoms with E-state index in [1.165, 1.54) is 11.1 Å². The highest BCUT2D eigenvalue weighted by Gasteiger charge is 2.28. The van der Waals surface area contributed by atoms with E-state index in [-0.39, 0.29) is 198 Å². The van der Waals surface area contributed by atoms with E-state index in [0.29, 0.717) is 0 Å². The third-order valence-corrected chi connectivity index (χ3v) is 15.6. The smallest absolute Gasteiger partial charge is 0.396 e. The Bertz CT molecular complexity index is 2040. The molecule has 0 aliphatic heterocycles. The van der Waals surface area contributed by atoms with Crippen molar-refractivity contribution in [3.63, 3.8) is 0 Å². The summed E-state index contributed by atoms with van der Waals surface area (Å²) in [5.74, 6) is -1.80. The fraction of sp³-hybridized carbons (Fsp3) is 1.00. The highest BCUT2D eigenvalue weighted by atomic mass is 31.2. The normalized spacial score (nSPS) is 17.2. The van der Waals surface area contributed by atoms with E-state index >= 15 is 0 Å². The summed E-state index contributed by atoms with van der Waals surface area (Å²) in [6.07, 6.45) is 0. The molecule has 88 heavy (non-hydrogen) atoms. The van der Waals surface area contributed by atoms with Crippen LogP contribution in [0.1, 0.15) is 0 Å². The maximum Gasteiger partial charge on any atom is 0.472 e. The van der Waals surface area contributed by atoms with Crippen molar-refractivity contribution < 1.29 is 191 Å². The van der Waals surface area contributed by atoms with Crippen LogP contribution in [0.15, 0.2) is 0 Å². The van der Waals surface area contributed by atoms with Gasteiger partial charge in [0.05, 0.1) is 218 Å². The van der Waals surface area contributed by atoms with Gasteiger partial charge in [-0.3, -0.25) is 58.8 Å². The number of aliphatic hydroxyl groups excluding tert-OH is 1. The Morgan fingerprint density at radius 2 is 0.409 bits per heavy atom. The zero-order chi connectivity index (χ0) is 65.8. The summed E-state index contributed by atoms with van der Waals surface area (Å²) in [5, 5.41) is 9.03. The molecule has 8 atom stereocenters. The van der Waals surface area contributed by atoms with Crippen molar-refractivity contribution in [1.29, 1.82) is 0 Å². The highest BCUT2D eigenvalue weighted by Crippen LogP contribution is 2.47. The molecule has 0 saturated carbocycles. The molecule has 0 fully saturated rings. The van der Waals surface area contributed by atoms with E-state index in [1.807, 2.05) is 0 Å². The van der Waals surface area contributed by atoms with Crippen LogP contribution in [0.5, 0.6) is 0 Å². The molecule has 41 nitrogen and oxygen atoms in total. The second kappa shape index (κ2) is 54.3. The molecular weight excluding hydrogens is 1360 g/mol. The fourth-order valence-corrected chi connectivity index (χ4v) is 9.81. The van der Waals surface area contributed by atoms with Gasteiger partial charge in [-0.15, -0.1) is 8.96 Å². The fourth-order valence-electron chi connectivity index (χ4n) is 5.11. The van der Waals surface area contributed by atoms with E-state index in [0.717, 1.165) is 0 Å². The first kappa shape index (κ1) is 88.1. The summed E-state index contributed by atoms with van der Waals surface area (Å²) in [6, 6.07) is 0. The molecule has 11 N–H and O–H groups in total. The van der Waals surface area contributed by atoms with Gasteiger partial charge in [-0.2, -0.15) is 11.1 Å². The molecule has 8 unspecified atom stereocenters. The lowest BCUT2D eigenvalue weighted by atomic mass is 10.2. The van der Waals surface area contributed by atoms with Crippen molar-refractivity contribution in [2.45, 2.75) is 0 Å². The van der Waals surface area contributed by atoms with Crippen molar-refractivity contribution in [3.8, 4) is 0 Å². The van der Waals surface area contributed by atoms with Crippen LogP contribution < -0.4 is 11.1 Å². The predicted molar refractivity (Wildman–Crippen MR) is 289 cm³/mol. The van der Waals surface area contributed by atoms with Crippen LogP contribution in [-0.4, -0.2) is 282 Å². The summed E-state index contributed by atoms with van der Waals surface area (Å²) in [5.41, 5.74) is 2.55. The van der Waals surface area contributed by atoms with Crippen LogP contribution in [-0.2, 0) is 138 Å². The quantitative estimate of drug-likeness (QED) is 0.0221. The zero-order valence-corrected chi connectivity index (χ0v) is 54.0. The molecule has 0 heterocycles. The van der Waals surface area contributed by atoms with E-state index in [9.17, 15) is 70.3 Å². The number of phosphoric ester groups is 7. The first-order valence-corrected chi connectivity index (χ1v) is 36.6. The van der Waals surface area contributed by atoms with Crippen LogP contribution in [0.2, 0.25) is 0 Å². The Kier molecular flexibility index (Phi) is 54.3. The molecule has 0 aliphatic carbocycles. The molecular formula is C38H85F2N2O39P7. The van der Waals surface area contributed by atoms with Crippen LogP contribution in [0, 0.1) is 11.8 Å². The third kappa shape index (κ3) is 61.0. The van der Waals surface area contributed by atoms with Gasteiger partial charge in [-0.05, 0) is 0 Å². The number of hydrogen-bond acceptors (Lipinski definition) is 33. The maximum absolute atomic E-state index is 12.4. The van der Waals surface area contributed by atoms with Gasteiger partial charge in [0.1, 0.15) is 0 Å². The Balaban J connectivity index is 3.68. The number of ether oxygens (including phenoxy) is 10. The van der Waals surface area contributed by atoms with Gasteiger partial charge in [0.15, 0.2) is 0 Å². The van der Waals surface area contributed by atoms with Crippen molar-refractivity contribution in [2.24, 2.45) is 11.8 Å². The van der Waals surface area contributed by atoms with Gasteiger partial charge < -0.3 is 91.6 Å². The molecule has 0 saturated heterocycles. The Hall–Kier alpha value is 0.110. The molecule has 0 spiro atoms. The first-order chi connectivity index (χ1) is 41.7. The number of nitrogens with one attached hydrogen (secondary N) is 2. The number of rotatable bonds is 69. The van der Waals surface area contributed by atoms with Gasteiger partial charge >= 0.3 is 54.8 Å². The largest absolute Gasteiger partial charge is 0.472 e. The molecule has 0 rings (SSSR count). The SMILES string of the molecule is O=P(O)(O)OCC(CNF)COP(=O)(O)OCCOCCOCCOP(=O)(O)OCCOCCOCCOP(=O)(O)OCCOCCOCCOP(=O)(O)OCCOCCOCCOP(=O)(O)OCCOCCOCCOP(=O)(O)OCC(CO)CNF. The minimum absolute atomic E-state index is 0.00567. The molecule has 530 valence electrons. The lowest BCUT2D eigenvalue weighted by molar-refractivity contribution is 0.00616. The minimum Gasteiger partial charge on any atom is -0.396 e. The molecule has 0 aromatic rings. The molecule has 0 aromatic carbocycles. The summed E-state index contributed by atoms with van der Waals surface area (Å²) in [6.45, 7) is -7.19. The molecule has 50 heteroatoms. The van der Waals surface area contributed by atoms with Gasteiger partial charge in [0.25, 0.3) is 0 Å². The molecule has 0 aliphatic rings. The Labute approximate surface area is 505 Å². The number of hydrogen-bond donors (Lipinski definition) is 11. The summed E-state index contributed by atoms with van der Waals surface area (Å²) in [4.78, 5) is 75.8. The average Bonchev–Trinajstić information content (AvgIpc) is 3.56. The standard InChI is InChI=1S/C38H85F2N2O39P7/c39-41-31-37(33-43)34-80-87(55,56)77-29-19-67-9-7-65-17-27-75-85(51,52)73-25-15-63-5-3-61-13-23-71-83(47,48)69-21-11-59-1-2-60-12-22-70-84(49,50)72-24-14-62-4-6-64-16-26-74-86(53,54)76-28-18-66-8-10-68-20-30-78-88(57,58)81-36-38(32-42-40)35-79-82(44,45)46/h37-38,41-43H,1-36H2,(H,47,48)(H,49,50)(H,51,52)(H,53,54)(H,55,56)(H,57,58)(H2,44,45,46). The second-order valence-corrected chi connectivity index (χ2v) is 26.2. The van der Waals surface area contributed by atoms with Gasteiger partial charge in [-0.1, -0.05) is 0 Å². The van der Waals surface area contributed by atoms with Crippen LogP contribution in [0.25, 0.3) is 0 Å². The predicted octanol–water partition coefficient (Wildman–Crippen LogP) is 0.236. The number of halogens is 2. The molecule has 0 aromatic heterocycles.